The Morgan fingerprint density at radius 1 is 1.47 bits per heavy atom. The van der Waals surface area contributed by atoms with Crippen LogP contribution in [0.4, 0.5) is 0 Å². The normalized spacial score (nSPS) is 24.2. The lowest BCUT2D eigenvalue weighted by Crippen LogP contribution is -2.36. The SMILES string of the molecule is CC(C)(O)C1CCC(CNC(=O)c2cncs2)CC1. The molecule has 0 atom stereocenters. The summed E-state index contributed by atoms with van der Waals surface area (Å²) in [5.74, 6) is 0.906. The zero-order valence-electron chi connectivity index (χ0n) is 11.6. The molecule has 19 heavy (non-hydrogen) atoms. The maximum absolute atomic E-state index is 11.8. The third-order valence-electron chi connectivity index (χ3n) is 4.05. The zero-order chi connectivity index (χ0) is 13.9. The summed E-state index contributed by atoms with van der Waals surface area (Å²) in [6.45, 7) is 4.52. The molecule has 0 radical (unpaired) electrons. The van der Waals surface area contributed by atoms with Gasteiger partial charge in [-0.3, -0.25) is 9.78 Å². The van der Waals surface area contributed by atoms with Gasteiger partial charge in [-0.1, -0.05) is 0 Å². The molecule has 0 spiro atoms. The average Bonchev–Trinajstić information content (AvgIpc) is 2.89. The van der Waals surface area contributed by atoms with Crippen molar-refractivity contribution in [2.75, 3.05) is 6.54 Å². The summed E-state index contributed by atoms with van der Waals surface area (Å²) in [5.41, 5.74) is 1.10. The summed E-state index contributed by atoms with van der Waals surface area (Å²) < 4.78 is 0. The second-order valence-electron chi connectivity index (χ2n) is 5.95. The molecule has 1 aliphatic carbocycles. The molecule has 106 valence electrons. The van der Waals surface area contributed by atoms with Crippen LogP contribution in [0.1, 0.15) is 49.2 Å². The molecule has 1 aromatic heterocycles. The highest BCUT2D eigenvalue weighted by atomic mass is 32.1. The monoisotopic (exact) mass is 282 g/mol. The largest absolute Gasteiger partial charge is 0.390 e. The first-order chi connectivity index (χ1) is 8.97. The minimum Gasteiger partial charge on any atom is -0.390 e. The van der Waals surface area contributed by atoms with Crippen molar-refractivity contribution in [1.29, 1.82) is 0 Å². The molecule has 1 amide bonds. The van der Waals surface area contributed by atoms with Crippen molar-refractivity contribution in [3.8, 4) is 0 Å². The Balaban J connectivity index is 1.73. The van der Waals surface area contributed by atoms with Crippen LogP contribution < -0.4 is 5.32 Å². The Bertz CT molecular complexity index is 404. The van der Waals surface area contributed by atoms with E-state index in [9.17, 15) is 9.90 Å². The van der Waals surface area contributed by atoms with Crippen molar-refractivity contribution in [2.24, 2.45) is 11.8 Å². The Morgan fingerprint density at radius 3 is 2.68 bits per heavy atom. The summed E-state index contributed by atoms with van der Waals surface area (Å²) >= 11 is 1.37. The molecule has 0 bridgehead atoms. The molecule has 0 saturated heterocycles. The van der Waals surface area contributed by atoms with Crippen LogP contribution >= 0.6 is 11.3 Å². The van der Waals surface area contributed by atoms with Crippen molar-refractivity contribution >= 4 is 17.2 Å². The molecule has 1 aromatic rings. The average molecular weight is 282 g/mol. The smallest absolute Gasteiger partial charge is 0.263 e. The number of aliphatic hydroxyl groups is 1. The predicted octanol–water partition coefficient (Wildman–Crippen LogP) is 2.45. The number of hydrogen-bond donors (Lipinski definition) is 2. The Labute approximate surface area is 118 Å². The van der Waals surface area contributed by atoms with Crippen LogP contribution in [-0.4, -0.2) is 28.1 Å². The van der Waals surface area contributed by atoms with Gasteiger partial charge in [0.1, 0.15) is 4.88 Å². The van der Waals surface area contributed by atoms with E-state index < -0.39 is 5.60 Å². The van der Waals surface area contributed by atoms with E-state index in [1.54, 1.807) is 11.7 Å². The molecule has 1 aliphatic rings. The number of carbonyl (C=O) groups excluding carboxylic acids is 1. The highest BCUT2D eigenvalue weighted by Crippen LogP contribution is 2.34. The fourth-order valence-corrected chi connectivity index (χ4v) is 3.26. The highest BCUT2D eigenvalue weighted by Gasteiger charge is 2.31. The van der Waals surface area contributed by atoms with Crippen LogP contribution in [0, 0.1) is 11.8 Å². The number of hydrogen-bond acceptors (Lipinski definition) is 4. The van der Waals surface area contributed by atoms with Gasteiger partial charge in [-0.15, -0.1) is 11.3 Å². The van der Waals surface area contributed by atoms with Gasteiger partial charge in [-0.2, -0.15) is 0 Å². The molecule has 1 fully saturated rings. The molecule has 2 N–H and O–H groups in total. The van der Waals surface area contributed by atoms with Gasteiger partial charge in [0.05, 0.1) is 17.3 Å². The van der Waals surface area contributed by atoms with Crippen molar-refractivity contribution in [2.45, 2.75) is 45.1 Å². The highest BCUT2D eigenvalue weighted by molar-refractivity contribution is 7.11. The molecule has 1 heterocycles. The topological polar surface area (TPSA) is 62.2 Å². The number of amides is 1. The van der Waals surface area contributed by atoms with E-state index in [0.29, 0.717) is 16.7 Å². The number of rotatable bonds is 4. The second-order valence-corrected chi connectivity index (χ2v) is 6.83. The quantitative estimate of drug-likeness (QED) is 0.891. The molecule has 0 aromatic carbocycles. The van der Waals surface area contributed by atoms with Crippen molar-refractivity contribution in [3.63, 3.8) is 0 Å². The van der Waals surface area contributed by atoms with Crippen LogP contribution in [0.25, 0.3) is 0 Å². The molecule has 4 nitrogen and oxygen atoms in total. The predicted molar refractivity (Wildman–Crippen MR) is 76.2 cm³/mol. The van der Waals surface area contributed by atoms with Crippen molar-refractivity contribution in [1.82, 2.24) is 10.3 Å². The first-order valence-electron chi connectivity index (χ1n) is 6.86. The Hall–Kier alpha value is -0.940. The third kappa shape index (κ3) is 4.01. The second kappa shape index (κ2) is 6.01. The van der Waals surface area contributed by atoms with Gasteiger partial charge in [0.15, 0.2) is 0 Å². The van der Waals surface area contributed by atoms with Crippen molar-refractivity contribution < 1.29 is 9.90 Å². The lowest BCUT2D eigenvalue weighted by atomic mass is 9.75. The van der Waals surface area contributed by atoms with Gasteiger partial charge in [0, 0.05) is 6.54 Å². The molecule has 0 aliphatic heterocycles. The van der Waals surface area contributed by atoms with Gasteiger partial charge in [0.25, 0.3) is 5.91 Å². The molecule has 2 rings (SSSR count). The summed E-state index contributed by atoms with van der Waals surface area (Å²) in [4.78, 5) is 16.4. The summed E-state index contributed by atoms with van der Waals surface area (Å²) in [7, 11) is 0. The fourth-order valence-electron chi connectivity index (χ4n) is 2.73. The van der Waals surface area contributed by atoms with E-state index >= 15 is 0 Å². The molecule has 5 heteroatoms. The minimum atomic E-state index is -0.573. The van der Waals surface area contributed by atoms with E-state index in [-0.39, 0.29) is 5.91 Å². The van der Waals surface area contributed by atoms with E-state index in [2.05, 4.69) is 10.3 Å². The molecular weight excluding hydrogens is 260 g/mol. The maximum Gasteiger partial charge on any atom is 0.263 e. The standard InChI is InChI=1S/C14H22N2O2S/c1-14(2,18)11-5-3-10(4-6-11)7-16-13(17)12-8-15-9-19-12/h8-11,18H,3-7H2,1-2H3,(H,16,17). The Morgan fingerprint density at radius 2 is 2.16 bits per heavy atom. The van der Waals surface area contributed by atoms with Gasteiger partial charge in [-0.25, -0.2) is 0 Å². The summed E-state index contributed by atoms with van der Waals surface area (Å²) in [6.07, 6.45) is 5.86. The third-order valence-corrected chi connectivity index (χ3v) is 4.83. The van der Waals surface area contributed by atoms with Crippen LogP contribution in [0.2, 0.25) is 0 Å². The minimum absolute atomic E-state index is 0.0212. The van der Waals surface area contributed by atoms with E-state index in [1.165, 1.54) is 11.3 Å². The van der Waals surface area contributed by atoms with E-state index in [1.807, 2.05) is 13.8 Å². The number of carbonyl (C=O) groups is 1. The Kier molecular flexibility index (Phi) is 4.58. The van der Waals surface area contributed by atoms with Crippen molar-refractivity contribution in [3.05, 3.63) is 16.6 Å². The maximum atomic E-state index is 11.8. The number of aromatic nitrogens is 1. The van der Waals surface area contributed by atoms with Gasteiger partial charge >= 0.3 is 0 Å². The van der Waals surface area contributed by atoms with E-state index in [0.717, 1.165) is 32.2 Å². The lowest BCUT2D eigenvalue weighted by Gasteiger charge is -2.35. The van der Waals surface area contributed by atoms with Crippen LogP contribution in [0.15, 0.2) is 11.7 Å². The molecular formula is C14H22N2O2S. The van der Waals surface area contributed by atoms with Gasteiger partial charge in [-0.05, 0) is 51.4 Å². The van der Waals surface area contributed by atoms with E-state index in [4.69, 9.17) is 0 Å². The number of thiazole rings is 1. The summed E-state index contributed by atoms with van der Waals surface area (Å²) in [6, 6.07) is 0. The fraction of sp³-hybridized carbons (Fsp3) is 0.714. The lowest BCUT2D eigenvalue weighted by molar-refractivity contribution is -0.00574. The van der Waals surface area contributed by atoms with Gasteiger partial charge < -0.3 is 10.4 Å². The van der Waals surface area contributed by atoms with Gasteiger partial charge in [0.2, 0.25) is 0 Å². The van der Waals surface area contributed by atoms with Crippen LogP contribution in [-0.2, 0) is 0 Å². The molecule has 0 unspecified atom stereocenters. The first kappa shape index (κ1) is 14.5. The zero-order valence-corrected chi connectivity index (χ0v) is 12.4. The molecule has 1 saturated carbocycles. The number of nitrogens with zero attached hydrogens (tertiary/aromatic N) is 1. The van der Waals surface area contributed by atoms with Crippen LogP contribution in [0.5, 0.6) is 0 Å². The summed E-state index contributed by atoms with van der Waals surface area (Å²) in [5, 5.41) is 13.0. The van der Waals surface area contributed by atoms with Crippen LogP contribution in [0.3, 0.4) is 0 Å². The first-order valence-corrected chi connectivity index (χ1v) is 7.74. The number of nitrogens with one attached hydrogen (secondary N) is 1.